The fourth-order valence-corrected chi connectivity index (χ4v) is 3.58. The predicted octanol–water partition coefficient (Wildman–Crippen LogP) is -4.32. The van der Waals surface area contributed by atoms with Crippen molar-refractivity contribution >= 4 is 0 Å². The van der Waals surface area contributed by atoms with E-state index in [1.54, 1.807) is 0 Å². The lowest BCUT2D eigenvalue weighted by Gasteiger charge is -2.44. The predicted molar refractivity (Wildman–Crippen MR) is 101 cm³/mol. The molecule has 16 heteroatoms. The van der Waals surface area contributed by atoms with Gasteiger partial charge in [-0.2, -0.15) is 0 Å². The van der Waals surface area contributed by atoms with Gasteiger partial charge in [0.25, 0.3) is 0 Å². The van der Waals surface area contributed by atoms with Crippen molar-refractivity contribution in [2.75, 3.05) is 33.0 Å². The maximum atomic E-state index is 10.6. The van der Waals surface area contributed by atoms with Crippen molar-refractivity contribution in [3.8, 4) is 0 Å². The maximum absolute atomic E-state index is 10.6. The summed E-state index contributed by atoms with van der Waals surface area (Å²) in [4.78, 5) is 2.56. The van der Waals surface area contributed by atoms with Crippen LogP contribution < -0.4 is 0 Å². The summed E-state index contributed by atoms with van der Waals surface area (Å²) < 4.78 is 31.9. The first kappa shape index (κ1) is 26.4. The van der Waals surface area contributed by atoms with Gasteiger partial charge >= 0.3 is 0 Å². The van der Waals surface area contributed by atoms with Crippen molar-refractivity contribution < 1.29 is 64.2 Å². The second-order valence-electron chi connectivity index (χ2n) is 7.79. The molecule has 7 N–H and O–H groups in total. The molecule has 0 aliphatic carbocycles. The van der Waals surface area contributed by atoms with Crippen molar-refractivity contribution in [3.63, 3.8) is 0 Å². The van der Waals surface area contributed by atoms with Crippen molar-refractivity contribution in [1.29, 1.82) is 0 Å². The van der Waals surface area contributed by atoms with Gasteiger partial charge in [-0.3, -0.25) is 0 Å². The van der Waals surface area contributed by atoms with E-state index in [-0.39, 0.29) is 33.0 Å². The number of nitrogens with zero attached hydrogens (tertiary/aromatic N) is 3. The van der Waals surface area contributed by atoms with Gasteiger partial charge < -0.3 is 64.2 Å². The first-order chi connectivity index (χ1) is 15.7. The van der Waals surface area contributed by atoms with Gasteiger partial charge in [0.2, 0.25) is 0 Å². The minimum Gasteiger partial charge on any atom is -0.388 e. The number of azide groups is 1. The molecule has 0 radical (unpaired) electrons. The van der Waals surface area contributed by atoms with E-state index >= 15 is 0 Å². The van der Waals surface area contributed by atoms with Crippen LogP contribution in [0.15, 0.2) is 5.11 Å². The highest BCUT2D eigenvalue weighted by atomic mass is 16.7. The summed E-state index contributed by atoms with van der Waals surface area (Å²) in [6.07, 6.45) is -17.1. The Hall–Kier alpha value is -1.21. The zero-order chi connectivity index (χ0) is 24.1. The minimum absolute atomic E-state index is 0.000317. The van der Waals surface area contributed by atoms with E-state index in [0.717, 1.165) is 0 Å². The molecule has 0 spiro atoms. The molecule has 3 fully saturated rings. The second kappa shape index (κ2) is 12.0. The van der Waals surface area contributed by atoms with Gasteiger partial charge in [0.05, 0.1) is 26.4 Å². The molecule has 0 aromatic rings. The average molecular weight is 483 g/mol. The van der Waals surface area contributed by atoms with Crippen molar-refractivity contribution in [1.82, 2.24) is 0 Å². The van der Waals surface area contributed by atoms with Gasteiger partial charge in [0.1, 0.15) is 54.9 Å². The molecule has 0 aromatic carbocycles. The van der Waals surface area contributed by atoms with Crippen molar-refractivity contribution in [2.24, 2.45) is 5.11 Å². The van der Waals surface area contributed by atoms with Gasteiger partial charge in [-0.15, -0.1) is 0 Å². The van der Waals surface area contributed by atoms with E-state index in [4.69, 9.17) is 34.0 Å². The zero-order valence-electron chi connectivity index (χ0n) is 17.4. The molecule has 190 valence electrons. The lowest BCUT2D eigenvalue weighted by Crippen LogP contribution is -2.62. The molecule has 3 heterocycles. The molecule has 0 bridgehead atoms. The molecule has 0 aromatic heterocycles. The number of aliphatic hydroxyl groups is 7. The van der Waals surface area contributed by atoms with Crippen LogP contribution in [0.25, 0.3) is 10.4 Å². The van der Waals surface area contributed by atoms with Crippen LogP contribution in [0.4, 0.5) is 0 Å². The van der Waals surface area contributed by atoms with Crippen molar-refractivity contribution in [2.45, 2.75) is 73.8 Å². The molecule has 3 aliphatic heterocycles. The Morgan fingerprint density at radius 2 is 1.33 bits per heavy atom. The Labute approximate surface area is 187 Å². The van der Waals surface area contributed by atoms with Crippen LogP contribution in [0.3, 0.4) is 0 Å². The number of hydrogen-bond acceptors (Lipinski definition) is 14. The minimum atomic E-state index is -1.64. The Morgan fingerprint density at radius 1 is 0.727 bits per heavy atom. The molecular formula is C17H29N3O13. The van der Waals surface area contributed by atoms with Gasteiger partial charge in [0, 0.05) is 11.5 Å². The van der Waals surface area contributed by atoms with Crippen LogP contribution in [-0.4, -0.2) is 143 Å². The Morgan fingerprint density at radius 3 is 2.03 bits per heavy atom. The normalized spacial score (nSPS) is 46.5. The molecule has 3 rings (SSSR count). The van der Waals surface area contributed by atoms with Crippen molar-refractivity contribution in [3.05, 3.63) is 10.4 Å². The number of aliphatic hydroxyl groups excluding tert-OH is 7. The van der Waals surface area contributed by atoms with Crippen LogP contribution in [0.2, 0.25) is 0 Å². The topological polar surface area (TPSA) is 246 Å². The molecule has 0 saturated carbocycles. The third-order valence-corrected chi connectivity index (χ3v) is 5.45. The third kappa shape index (κ3) is 6.27. The highest BCUT2D eigenvalue weighted by Gasteiger charge is 2.48. The summed E-state index contributed by atoms with van der Waals surface area (Å²) in [6, 6.07) is 0. The molecule has 33 heavy (non-hydrogen) atoms. The van der Waals surface area contributed by atoms with Crippen LogP contribution >= 0.6 is 0 Å². The number of rotatable bonds is 8. The van der Waals surface area contributed by atoms with E-state index in [0.29, 0.717) is 0 Å². The third-order valence-electron chi connectivity index (χ3n) is 5.45. The molecule has 3 aliphatic rings. The molecule has 0 amide bonds. The van der Waals surface area contributed by atoms with Gasteiger partial charge in [-0.05, 0) is 5.53 Å². The zero-order valence-corrected chi connectivity index (χ0v) is 17.4. The van der Waals surface area contributed by atoms with E-state index in [1.807, 2.05) is 0 Å². The van der Waals surface area contributed by atoms with E-state index in [9.17, 15) is 35.7 Å². The summed E-state index contributed by atoms with van der Waals surface area (Å²) in [6.45, 7) is -0.988. The molecule has 3 unspecified atom stereocenters. The summed E-state index contributed by atoms with van der Waals surface area (Å²) in [5, 5.41) is 73.9. The largest absolute Gasteiger partial charge is 0.388 e. The standard InChI is InChI=1S/C17H29N3O13/c18-20-19-1-2-28-15-12(26)10(24)8(5-31-15)32-17-13(27)14(7(22)4-30-17)33-16-11(25)9(23)6(21)3-29-16/h6-17,21-27H,1-5H2/t6-,7-,8-,9+,10+,11?,12?,13?,14+,15-,16-,17+/m1/s1. The summed E-state index contributed by atoms with van der Waals surface area (Å²) in [5.74, 6) is 0. The van der Waals surface area contributed by atoms with Gasteiger partial charge in [0.15, 0.2) is 18.9 Å². The van der Waals surface area contributed by atoms with Gasteiger partial charge in [-0.1, -0.05) is 5.11 Å². The SMILES string of the molecule is [N-]=[N+]=NCCO[C@@H]1OC[C@@H](O[C@@H]2OC[C@@H](O)[C@H](O[C@H]3OC[C@@H](O)[C@H](O)C3O)C2O)[C@H](O)C1O. The van der Waals surface area contributed by atoms with Gasteiger partial charge in [-0.25, -0.2) is 0 Å². The molecule has 12 atom stereocenters. The monoisotopic (exact) mass is 483 g/mol. The van der Waals surface area contributed by atoms with E-state index in [1.165, 1.54) is 0 Å². The fraction of sp³-hybridized carbons (Fsp3) is 1.00. The maximum Gasteiger partial charge on any atom is 0.186 e. The first-order valence-electron chi connectivity index (χ1n) is 10.3. The first-order valence-corrected chi connectivity index (χ1v) is 10.3. The van der Waals surface area contributed by atoms with Crippen LogP contribution in [-0.2, 0) is 28.4 Å². The quantitative estimate of drug-likeness (QED) is 0.0748. The summed E-state index contributed by atoms with van der Waals surface area (Å²) in [7, 11) is 0. The second-order valence-corrected chi connectivity index (χ2v) is 7.79. The molecular weight excluding hydrogens is 454 g/mol. The lowest BCUT2D eigenvalue weighted by molar-refractivity contribution is -0.352. The Balaban J connectivity index is 1.55. The highest BCUT2D eigenvalue weighted by Crippen LogP contribution is 2.27. The van der Waals surface area contributed by atoms with Crippen LogP contribution in [0, 0.1) is 0 Å². The number of hydrogen-bond donors (Lipinski definition) is 7. The lowest BCUT2D eigenvalue weighted by atomic mass is 10.0. The Bertz CT molecular complexity index is 670. The molecule has 3 saturated heterocycles. The van der Waals surface area contributed by atoms with E-state index < -0.39 is 73.8 Å². The summed E-state index contributed by atoms with van der Waals surface area (Å²) >= 11 is 0. The number of ether oxygens (including phenoxy) is 6. The highest BCUT2D eigenvalue weighted by molar-refractivity contribution is 4.90. The Kier molecular flexibility index (Phi) is 9.57. The van der Waals surface area contributed by atoms with Crippen LogP contribution in [0.5, 0.6) is 0 Å². The summed E-state index contributed by atoms with van der Waals surface area (Å²) in [5.41, 5.74) is 8.24. The smallest absolute Gasteiger partial charge is 0.186 e. The molecule has 16 nitrogen and oxygen atoms in total. The average Bonchev–Trinajstić information content (AvgIpc) is 2.80. The fourth-order valence-electron chi connectivity index (χ4n) is 3.58. The van der Waals surface area contributed by atoms with E-state index in [2.05, 4.69) is 10.0 Å². The van der Waals surface area contributed by atoms with Crippen LogP contribution in [0.1, 0.15) is 0 Å².